The van der Waals surface area contributed by atoms with E-state index in [-0.39, 0.29) is 18.4 Å². The number of para-hydroxylation sites is 1. The van der Waals surface area contributed by atoms with Crippen molar-refractivity contribution in [3.05, 3.63) is 83.8 Å². The zero-order chi connectivity index (χ0) is 20.6. The number of benzene rings is 2. The third kappa shape index (κ3) is 5.48. The van der Waals surface area contributed by atoms with Crippen molar-refractivity contribution in [2.45, 2.75) is 32.9 Å². The van der Waals surface area contributed by atoms with Gasteiger partial charge in [0.25, 0.3) is 11.8 Å². The van der Waals surface area contributed by atoms with Crippen molar-refractivity contribution >= 4 is 17.5 Å². The molecule has 2 amide bonds. The van der Waals surface area contributed by atoms with Gasteiger partial charge in [0.1, 0.15) is 11.5 Å². The molecule has 0 radical (unpaired) electrons. The second-order valence-electron chi connectivity index (χ2n) is 6.55. The lowest BCUT2D eigenvalue weighted by molar-refractivity contribution is -0.122. The minimum absolute atomic E-state index is 0.265. The molecule has 0 bridgehead atoms. The van der Waals surface area contributed by atoms with Crippen LogP contribution in [-0.4, -0.2) is 17.9 Å². The van der Waals surface area contributed by atoms with Crippen LogP contribution in [0.4, 0.5) is 5.69 Å². The van der Waals surface area contributed by atoms with Gasteiger partial charge in [0, 0.05) is 0 Å². The lowest BCUT2D eigenvalue weighted by Crippen LogP contribution is -2.31. The fourth-order valence-corrected chi connectivity index (χ4v) is 2.76. The monoisotopic (exact) mass is 392 g/mol. The predicted molar refractivity (Wildman–Crippen MR) is 111 cm³/mol. The van der Waals surface area contributed by atoms with Crippen LogP contribution in [0.25, 0.3) is 0 Å². The first kappa shape index (κ1) is 20.2. The molecule has 0 fully saturated rings. The molecule has 150 valence electrons. The van der Waals surface area contributed by atoms with Gasteiger partial charge in [0.05, 0.1) is 24.1 Å². The van der Waals surface area contributed by atoms with Crippen LogP contribution in [0.3, 0.4) is 0 Å². The van der Waals surface area contributed by atoms with E-state index in [0.717, 1.165) is 6.42 Å². The van der Waals surface area contributed by atoms with Gasteiger partial charge in [-0.15, -0.1) is 0 Å². The van der Waals surface area contributed by atoms with Gasteiger partial charge in [-0.1, -0.05) is 31.2 Å². The fraction of sp³-hybridized carbons (Fsp3) is 0.217. The molecular weight excluding hydrogens is 368 g/mol. The molecule has 1 aromatic heterocycles. The minimum Gasteiger partial charge on any atom is -0.481 e. The Hall–Kier alpha value is -3.54. The van der Waals surface area contributed by atoms with Gasteiger partial charge in [-0.05, 0) is 55.3 Å². The molecule has 6 nitrogen and oxygen atoms in total. The summed E-state index contributed by atoms with van der Waals surface area (Å²) in [5.41, 5.74) is 1.99. The van der Waals surface area contributed by atoms with E-state index >= 15 is 0 Å². The van der Waals surface area contributed by atoms with Gasteiger partial charge in [0.2, 0.25) is 0 Å². The number of amides is 2. The molecule has 1 heterocycles. The average molecular weight is 392 g/mol. The number of carbonyl (C=O) groups is 2. The van der Waals surface area contributed by atoms with Crippen molar-refractivity contribution in [3.63, 3.8) is 0 Å². The van der Waals surface area contributed by atoms with Crippen molar-refractivity contribution in [2.24, 2.45) is 0 Å². The van der Waals surface area contributed by atoms with Crippen molar-refractivity contribution in [1.82, 2.24) is 5.32 Å². The van der Waals surface area contributed by atoms with Gasteiger partial charge >= 0.3 is 0 Å². The zero-order valence-electron chi connectivity index (χ0n) is 16.5. The van der Waals surface area contributed by atoms with E-state index in [2.05, 4.69) is 17.6 Å². The number of hydrogen-bond donors (Lipinski definition) is 2. The summed E-state index contributed by atoms with van der Waals surface area (Å²) in [6.07, 6.45) is 1.77. The van der Waals surface area contributed by atoms with Gasteiger partial charge in [-0.2, -0.15) is 0 Å². The Morgan fingerprint density at radius 2 is 1.79 bits per heavy atom. The normalized spacial score (nSPS) is 11.5. The van der Waals surface area contributed by atoms with Gasteiger partial charge in [-0.25, -0.2) is 0 Å². The smallest absolute Gasteiger partial charge is 0.265 e. The van der Waals surface area contributed by atoms with Crippen LogP contribution in [0.2, 0.25) is 0 Å². The molecule has 3 rings (SSSR count). The van der Waals surface area contributed by atoms with E-state index in [1.165, 1.54) is 5.56 Å². The highest BCUT2D eigenvalue weighted by atomic mass is 16.5. The Labute approximate surface area is 169 Å². The standard InChI is InChI=1S/C23H24N2O4/c1-3-17-10-12-18(13-11-17)29-16(2)22(26)25-21-9-5-4-8-20(21)23(27)24-15-19-7-6-14-28-19/h4-14,16H,3,15H2,1-2H3,(H,24,27)(H,25,26). The van der Waals surface area contributed by atoms with E-state index in [1.54, 1.807) is 49.6 Å². The lowest BCUT2D eigenvalue weighted by Gasteiger charge is -2.16. The number of nitrogens with one attached hydrogen (secondary N) is 2. The summed E-state index contributed by atoms with van der Waals surface area (Å²) >= 11 is 0. The number of hydrogen-bond acceptors (Lipinski definition) is 4. The summed E-state index contributed by atoms with van der Waals surface area (Å²) in [4.78, 5) is 25.1. The quantitative estimate of drug-likeness (QED) is 0.603. The maximum absolute atomic E-state index is 12.6. The Kier molecular flexibility index (Phi) is 6.68. The second kappa shape index (κ2) is 9.59. The van der Waals surface area contributed by atoms with Crippen molar-refractivity contribution in [2.75, 3.05) is 5.32 Å². The zero-order valence-corrected chi connectivity index (χ0v) is 16.5. The van der Waals surface area contributed by atoms with Crippen molar-refractivity contribution in [3.8, 4) is 5.75 Å². The molecule has 0 saturated carbocycles. The Morgan fingerprint density at radius 1 is 1.03 bits per heavy atom. The van der Waals surface area contributed by atoms with Crippen molar-refractivity contribution in [1.29, 1.82) is 0 Å². The summed E-state index contributed by atoms with van der Waals surface area (Å²) in [6, 6.07) is 18.0. The number of ether oxygens (including phenoxy) is 1. The van der Waals surface area contributed by atoms with Crippen LogP contribution in [0, 0.1) is 0 Å². The maximum atomic E-state index is 12.6. The molecule has 1 unspecified atom stereocenters. The first-order valence-corrected chi connectivity index (χ1v) is 9.53. The molecule has 0 saturated heterocycles. The molecule has 3 aromatic rings. The van der Waals surface area contributed by atoms with Crippen LogP contribution in [0.5, 0.6) is 5.75 Å². The van der Waals surface area contributed by atoms with Gasteiger partial charge < -0.3 is 19.8 Å². The third-order valence-corrected chi connectivity index (χ3v) is 4.45. The highest BCUT2D eigenvalue weighted by molar-refractivity contribution is 6.04. The molecule has 0 aliphatic heterocycles. The number of furan rings is 1. The number of aryl methyl sites for hydroxylation is 1. The summed E-state index contributed by atoms with van der Waals surface area (Å²) in [6.45, 7) is 4.01. The second-order valence-corrected chi connectivity index (χ2v) is 6.55. The topological polar surface area (TPSA) is 80.6 Å². The van der Waals surface area contributed by atoms with E-state index in [4.69, 9.17) is 9.15 Å². The molecule has 6 heteroatoms. The van der Waals surface area contributed by atoms with Gasteiger partial charge in [0.15, 0.2) is 6.10 Å². The largest absolute Gasteiger partial charge is 0.481 e. The molecule has 1 atom stereocenters. The Bertz CT molecular complexity index is 949. The first-order chi connectivity index (χ1) is 14.1. The molecular formula is C23H24N2O4. The first-order valence-electron chi connectivity index (χ1n) is 9.53. The SMILES string of the molecule is CCc1ccc(OC(C)C(=O)Nc2ccccc2C(=O)NCc2ccco2)cc1. The van der Waals surface area contributed by atoms with Gasteiger partial charge in [-0.3, -0.25) is 9.59 Å². The number of rotatable bonds is 8. The predicted octanol–water partition coefficient (Wildman–Crippen LogP) is 4.18. The summed E-state index contributed by atoms with van der Waals surface area (Å²) < 4.78 is 10.9. The van der Waals surface area contributed by atoms with Crippen LogP contribution >= 0.6 is 0 Å². The summed E-state index contributed by atoms with van der Waals surface area (Å²) in [5.74, 6) is 0.627. The third-order valence-electron chi connectivity index (χ3n) is 4.45. The van der Waals surface area contributed by atoms with E-state index in [9.17, 15) is 9.59 Å². The molecule has 0 aliphatic rings. The number of anilines is 1. The van der Waals surface area contributed by atoms with Crippen LogP contribution in [-0.2, 0) is 17.8 Å². The van der Waals surface area contributed by atoms with Crippen LogP contribution in [0.1, 0.15) is 35.5 Å². The minimum atomic E-state index is -0.721. The highest BCUT2D eigenvalue weighted by Crippen LogP contribution is 2.18. The number of carbonyl (C=O) groups excluding carboxylic acids is 2. The van der Waals surface area contributed by atoms with E-state index in [1.807, 2.05) is 24.3 Å². The van der Waals surface area contributed by atoms with Crippen LogP contribution < -0.4 is 15.4 Å². The van der Waals surface area contributed by atoms with Crippen molar-refractivity contribution < 1.29 is 18.7 Å². The molecule has 0 aliphatic carbocycles. The molecule has 2 N–H and O–H groups in total. The summed E-state index contributed by atoms with van der Waals surface area (Å²) in [7, 11) is 0. The molecule has 2 aromatic carbocycles. The summed E-state index contributed by atoms with van der Waals surface area (Å²) in [5, 5.41) is 5.56. The molecule has 29 heavy (non-hydrogen) atoms. The Morgan fingerprint density at radius 3 is 2.48 bits per heavy atom. The Balaban J connectivity index is 1.62. The fourth-order valence-electron chi connectivity index (χ4n) is 2.76. The highest BCUT2D eigenvalue weighted by Gasteiger charge is 2.18. The van der Waals surface area contributed by atoms with Crippen LogP contribution in [0.15, 0.2) is 71.3 Å². The van der Waals surface area contributed by atoms with E-state index < -0.39 is 6.10 Å². The molecule has 0 spiro atoms. The average Bonchev–Trinajstić information content (AvgIpc) is 3.26. The maximum Gasteiger partial charge on any atom is 0.265 e. The van der Waals surface area contributed by atoms with E-state index in [0.29, 0.717) is 22.8 Å². The lowest BCUT2D eigenvalue weighted by atomic mass is 10.1.